The number of halogens is 1. The van der Waals surface area contributed by atoms with Gasteiger partial charge in [0.05, 0.1) is 0 Å². The zero-order valence-corrected chi connectivity index (χ0v) is 14.7. The maximum atomic E-state index is 3.66. The molecule has 4 heteroatoms. The third-order valence-corrected chi connectivity index (χ3v) is 5.05. The Labute approximate surface area is 136 Å². The van der Waals surface area contributed by atoms with Gasteiger partial charge in [-0.25, -0.2) is 0 Å². The average Bonchev–Trinajstić information content (AvgIpc) is 3.26. The van der Waals surface area contributed by atoms with E-state index in [0.29, 0.717) is 6.04 Å². The SMILES string of the molecule is CC1CN(C)CCCN1c1ccc(Br)cc1CNC1CC1. The Bertz CT molecular complexity index is 487. The van der Waals surface area contributed by atoms with E-state index in [-0.39, 0.29) is 0 Å². The summed E-state index contributed by atoms with van der Waals surface area (Å²) in [5.74, 6) is 0. The van der Waals surface area contributed by atoms with Crippen LogP contribution in [0.4, 0.5) is 5.69 Å². The van der Waals surface area contributed by atoms with Crippen molar-refractivity contribution in [3.8, 4) is 0 Å². The van der Waals surface area contributed by atoms with Gasteiger partial charge in [-0.15, -0.1) is 0 Å². The van der Waals surface area contributed by atoms with Crippen LogP contribution in [0.25, 0.3) is 0 Å². The van der Waals surface area contributed by atoms with Crippen molar-refractivity contribution in [1.29, 1.82) is 0 Å². The summed E-state index contributed by atoms with van der Waals surface area (Å²) >= 11 is 3.63. The molecule has 0 amide bonds. The minimum Gasteiger partial charge on any atom is -0.367 e. The van der Waals surface area contributed by atoms with Gasteiger partial charge in [0.25, 0.3) is 0 Å². The molecule has 1 aromatic carbocycles. The molecule has 0 aromatic heterocycles. The van der Waals surface area contributed by atoms with E-state index in [9.17, 15) is 0 Å². The summed E-state index contributed by atoms with van der Waals surface area (Å²) in [7, 11) is 2.23. The zero-order chi connectivity index (χ0) is 14.8. The summed E-state index contributed by atoms with van der Waals surface area (Å²) in [6.07, 6.45) is 3.93. The Balaban J connectivity index is 1.81. The van der Waals surface area contributed by atoms with Crippen molar-refractivity contribution in [2.75, 3.05) is 31.6 Å². The predicted octanol–water partition coefficient (Wildman–Crippen LogP) is 3.23. The Morgan fingerprint density at radius 1 is 1.29 bits per heavy atom. The van der Waals surface area contributed by atoms with Crippen LogP contribution in [-0.2, 0) is 6.54 Å². The van der Waals surface area contributed by atoms with Crippen LogP contribution in [0.15, 0.2) is 22.7 Å². The van der Waals surface area contributed by atoms with Crippen LogP contribution in [0.3, 0.4) is 0 Å². The van der Waals surface area contributed by atoms with Crippen molar-refractivity contribution in [1.82, 2.24) is 10.2 Å². The molecule has 1 aliphatic carbocycles. The van der Waals surface area contributed by atoms with Crippen molar-refractivity contribution < 1.29 is 0 Å². The zero-order valence-electron chi connectivity index (χ0n) is 13.1. The smallest absolute Gasteiger partial charge is 0.0415 e. The summed E-state index contributed by atoms with van der Waals surface area (Å²) in [4.78, 5) is 5.05. The molecule has 2 fully saturated rings. The topological polar surface area (TPSA) is 18.5 Å². The van der Waals surface area contributed by atoms with Crippen LogP contribution in [0.1, 0.15) is 31.7 Å². The molecule has 3 rings (SSSR count). The lowest BCUT2D eigenvalue weighted by molar-refractivity contribution is 0.337. The number of hydrogen-bond donors (Lipinski definition) is 1. The third-order valence-electron chi connectivity index (χ3n) is 4.56. The van der Waals surface area contributed by atoms with Gasteiger partial charge in [0.2, 0.25) is 0 Å². The molecule has 116 valence electrons. The van der Waals surface area contributed by atoms with Crippen LogP contribution in [-0.4, -0.2) is 43.7 Å². The van der Waals surface area contributed by atoms with Gasteiger partial charge in [0.1, 0.15) is 0 Å². The highest BCUT2D eigenvalue weighted by atomic mass is 79.9. The summed E-state index contributed by atoms with van der Waals surface area (Å²) in [5.41, 5.74) is 2.84. The van der Waals surface area contributed by atoms with E-state index in [1.807, 2.05) is 0 Å². The van der Waals surface area contributed by atoms with Crippen LogP contribution in [0.2, 0.25) is 0 Å². The lowest BCUT2D eigenvalue weighted by atomic mass is 10.1. The summed E-state index contributed by atoms with van der Waals surface area (Å²) in [5, 5.41) is 3.66. The molecule has 0 spiro atoms. The lowest BCUT2D eigenvalue weighted by Crippen LogP contribution is -2.38. The first-order chi connectivity index (χ1) is 10.1. The Morgan fingerprint density at radius 3 is 2.86 bits per heavy atom. The van der Waals surface area contributed by atoms with Crippen LogP contribution in [0, 0.1) is 0 Å². The molecule has 1 N–H and O–H groups in total. The van der Waals surface area contributed by atoms with E-state index < -0.39 is 0 Å². The Hall–Kier alpha value is -0.580. The molecule has 1 unspecified atom stereocenters. The Morgan fingerprint density at radius 2 is 2.10 bits per heavy atom. The van der Waals surface area contributed by atoms with Gasteiger partial charge in [0, 0.05) is 41.9 Å². The molecule has 0 radical (unpaired) electrons. The molecule has 1 saturated heterocycles. The van der Waals surface area contributed by atoms with Gasteiger partial charge < -0.3 is 15.1 Å². The molecule has 1 saturated carbocycles. The molecule has 2 aliphatic rings. The van der Waals surface area contributed by atoms with Gasteiger partial charge in [-0.05, 0) is 63.5 Å². The summed E-state index contributed by atoms with van der Waals surface area (Å²) < 4.78 is 1.18. The molecule has 1 aliphatic heterocycles. The maximum Gasteiger partial charge on any atom is 0.0415 e. The average molecular weight is 352 g/mol. The van der Waals surface area contributed by atoms with E-state index in [0.717, 1.165) is 25.7 Å². The molecule has 21 heavy (non-hydrogen) atoms. The molecular formula is C17H26BrN3. The highest BCUT2D eigenvalue weighted by Gasteiger charge is 2.24. The quantitative estimate of drug-likeness (QED) is 0.898. The standard InChI is InChI=1S/C17H26BrN3/c1-13-12-20(2)8-3-9-21(13)17-7-4-15(18)10-14(17)11-19-16-5-6-16/h4,7,10,13,16,19H,3,5-6,8-9,11-12H2,1-2H3. The molecule has 0 bridgehead atoms. The molecule has 1 heterocycles. The van der Waals surface area contributed by atoms with E-state index in [4.69, 9.17) is 0 Å². The van der Waals surface area contributed by atoms with Crippen molar-refractivity contribution >= 4 is 21.6 Å². The normalized spacial score (nSPS) is 24.1. The number of likely N-dealkylation sites (N-methyl/N-ethyl adjacent to an activating group) is 1. The van der Waals surface area contributed by atoms with Crippen molar-refractivity contribution in [2.45, 2.75) is 44.8 Å². The fraction of sp³-hybridized carbons (Fsp3) is 0.647. The molecule has 3 nitrogen and oxygen atoms in total. The number of hydrogen-bond acceptors (Lipinski definition) is 3. The third kappa shape index (κ3) is 3.99. The van der Waals surface area contributed by atoms with Crippen LogP contribution in [0.5, 0.6) is 0 Å². The second-order valence-electron chi connectivity index (χ2n) is 6.59. The van der Waals surface area contributed by atoms with Gasteiger partial charge in [-0.3, -0.25) is 0 Å². The highest BCUT2D eigenvalue weighted by Crippen LogP contribution is 2.29. The first-order valence-corrected chi connectivity index (χ1v) is 8.90. The fourth-order valence-corrected chi connectivity index (χ4v) is 3.66. The second kappa shape index (κ2) is 6.67. The number of rotatable bonds is 4. The Kier molecular flexibility index (Phi) is 4.87. The van der Waals surface area contributed by atoms with Crippen molar-refractivity contribution in [3.63, 3.8) is 0 Å². The van der Waals surface area contributed by atoms with Gasteiger partial charge in [-0.1, -0.05) is 15.9 Å². The number of benzene rings is 1. The maximum absolute atomic E-state index is 3.66. The predicted molar refractivity (Wildman–Crippen MR) is 92.9 cm³/mol. The number of nitrogens with zero attached hydrogens (tertiary/aromatic N) is 2. The number of anilines is 1. The van der Waals surface area contributed by atoms with Crippen molar-refractivity contribution in [2.24, 2.45) is 0 Å². The summed E-state index contributed by atoms with van der Waals surface area (Å²) in [6.45, 7) is 6.84. The molecule has 1 aromatic rings. The first kappa shape index (κ1) is 15.3. The largest absolute Gasteiger partial charge is 0.367 e. The van der Waals surface area contributed by atoms with E-state index >= 15 is 0 Å². The van der Waals surface area contributed by atoms with Crippen LogP contribution < -0.4 is 10.2 Å². The van der Waals surface area contributed by atoms with E-state index in [1.54, 1.807) is 0 Å². The highest BCUT2D eigenvalue weighted by molar-refractivity contribution is 9.10. The monoisotopic (exact) mass is 351 g/mol. The van der Waals surface area contributed by atoms with E-state index in [1.165, 1.54) is 41.5 Å². The minimum absolute atomic E-state index is 0.568. The summed E-state index contributed by atoms with van der Waals surface area (Å²) in [6, 6.07) is 8.07. The molecule has 1 atom stereocenters. The van der Waals surface area contributed by atoms with Crippen molar-refractivity contribution in [3.05, 3.63) is 28.2 Å². The second-order valence-corrected chi connectivity index (χ2v) is 7.50. The minimum atomic E-state index is 0.568. The van der Waals surface area contributed by atoms with Gasteiger partial charge in [-0.2, -0.15) is 0 Å². The van der Waals surface area contributed by atoms with E-state index in [2.05, 4.69) is 63.2 Å². The fourth-order valence-electron chi connectivity index (χ4n) is 3.25. The van der Waals surface area contributed by atoms with Gasteiger partial charge in [0.15, 0.2) is 0 Å². The van der Waals surface area contributed by atoms with Crippen LogP contribution >= 0.6 is 15.9 Å². The number of nitrogens with one attached hydrogen (secondary N) is 1. The lowest BCUT2D eigenvalue weighted by Gasteiger charge is -2.32. The first-order valence-electron chi connectivity index (χ1n) is 8.10. The van der Waals surface area contributed by atoms with Gasteiger partial charge >= 0.3 is 0 Å². The molecular weight excluding hydrogens is 326 g/mol.